The Morgan fingerprint density at radius 1 is 1.48 bits per heavy atom. The van der Waals surface area contributed by atoms with Gasteiger partial charge in [-0.15, -0.1) is 0 Å². The molecule has 1 aromatic rings. The Balaban J connectivity index is 1.81. The first-order valence-corrected chi connectivity index (χ1v) is 7.12. The molecule has 0 spiro atoms. The summed E-state index contributed by atoms with van der Waals surface area (Å²) in [4.78, 5) is 25.2. The molecule has 0 bridgehead atoms. The molecule has 0 atom stereocenters. The summed E-state index contributed by atoms with van der Waals surface area (Å²) in [6, 6.07) is 0. The number of nitrogens with one attached hydrogen (secondary N) is 2. The second-order valence-corrected chi connectivity index (χ2v) is 5.32. The first-order valence-electron chi connectivity index (χ1n) is 7.12. The zero-order valence-corrected chi connectivity index (χ0v) is 12.1. The second-order valence-electron chi connectivity index (χ2n) is 5.32. The van der Waals surface area contributed by atoms with Crippen LogP contribution in [0.25, 0.3) is 0 Å². The third-order valence-electron chi connectivity index (χ3n) is 3.84. The van der Waals surface area contributed by atoms with Gasteiger partial charge in [0, 0.05) is 13.6 Å². The summed E-state index contributed by atoms with van der Waals surface area (Å²) in [5, 5.41) is 23.3. The Morgan fingerprint density at radius 2 is 2.19 bits per heavy atom. The van der Waals surface area contributed by atoms with Crippen molar-refractivity contribution in [3.63, 3.8) is 0 Å². The SMILES string of the molecule is Cn1ncc(CCCNC(=O)C2(C(=O)O)CCNCC2)n1. The Bertz CT molecular complexity index is 508. The lowest BCUT2D eigenvalue weighted by molar-refractivity contribution is -0.157. The molecule has 1 aromatic heterocycles. The van der Waals surface area contributed by atoms with Gasteiger partial charge in [0.05, 0.1) is 11.9 Å². The van der Waals surface area contributed by atoms with Gasteiger partial charge < -0.3 is 15.7 Å². The number of aliphatic carboxylic acids is 1. The highest BCUT2D eigenvalue weighted by atomic mass is 16.4. The summed E-state index contributed by atoms with van der Waals surface area (Å²) in [5.41, 5.74) is -0.417. The lowest BCUT2D eigenvalue weighted by atomic mass is 9.78. The van der Waals surface area contributed by atoms with E-state index in [2.05, 4.69) is 20.8 Å². The summed E-state index contributed by atoms with van der Waals surface area (Å²) < 4.78 is 0. The van der Waals surface area contributed by atoms with E-state index in [9.17, 15) is 14.7 Å². The van der Waals surface area contributed by atoms with Crippen molar-refractivity contribution in [2.24, 2.45) is 12.5 Å². The minimum absolute atomic E-state index is 0.332. The van der Waals surface area contributed by atoms with Crippen molar-refractivity contribution in [3.05, 3.63) is 11.9 Å². The van der Waals surface area contributed by atoms with E-state index in [1.807, 2.05) is 0 Å². The first kappa shape index (κ1) is 15.4. The fraction of sp³-hybridized carbons (Fsp3) is 0.692. The average Bonchev–Trinajstić information content (AvgIpc) is 2.89. The number of carbonyl (C=O) groups excluding carboxylic acids is 1. The predicted octanol–water partition coefficient (Wildman–Crippen LogP) is -0.682. The highest BCUT2D eigenvalue weighted by Gasteiger charge is 2.46. The number of nitrogens with zero attached hydrogens (tertiary/aromatic N) is 3. The molecule has 8 nitrogen and oxygen atoms in total. The predicted molar refractivity (Wildman–Crippen MR) is 74.5 cm³/mol. The van der Waals surface area contributed by atoms with Crippen LogP contribution >= 0.6 is 0 Å². The van der Waals surface area contributed by atoms with Crippen molar-refractivity contribution in [2.75, 3.05) is 19.6 Å². The first-order chi connectivity index (χ1) is 10.0. The Hall–Kier alpha value is -1.96. The fourth-order valence-corrected chi connectivity index (χ4v) is 2.53. The number of aryl methyl sites for hydroxylation is 2. The number of hydrogen-bond acceptors (Lipinski definition) is 5. The van der Waals surface area contributed by atoms with Crippen LogP contribution < -0.4 is 10.6 Å². The van der Waals surface area contributed by atoms with Gasteiger partial charge in [-0.05, 0) is 38.8 Å². The number of carboxylic acids is 1. The van der Waals surface area contributed by atoms with Gasteiger partial charge in [0.25, 0.3) is 0 Å². The molecule has 1 aliphatic heterocycles. The van der Waals surface area contributed by atoms with E-state index >= 15 is 0 Å². The molecule has 0 saturated carbocycles. The number of aromatic nitrogens is 3. The van der Waals surface area contributed by atoms with Crippen molar-refractivity contribution < 1.29 is 14.7 Å². The molecule has 2 heterocycles. The molecule has 0 aliphatic carbocycles. The summed E-state index contributed by atoms with van der Waals surface area (Å²) in [7, 11) is 1.75. The summed E-state index contributed by atoms with van der Waals surface area (Å²) in [5.74, 6) is -1.41. The van der Waals surface area contributed by atoms with Gasteiger partial charge in [0.2, 0.25) is 5.91 Å². The zero-order valence-electron chi connectivity index (χ0n) is 12.1. The summed E-state index contributed by atoms with van der Waals surface area (Å²) >= 11 is 0. The minimum Gasteiger partial charge on any atom is -0.480 e. The van der Waals surface area contributed by atoms with Gasteiger partial charge >= 0.3 is 5.97 Å². The fourth-order valence-electron chi connectivity index (χ4n) is 2.53. The van der Waals surface area contributed by atoms with Crippen molar-refractivity contribution in [3.8, 4) is 0 Å². The lowest BCUT2D eigenvalue weighted by Gasteiger charge is -2.32. The van der Waals surface area contributed by atoms with E-state index in [-0.39, 0.29) is 5.91 Å². The lowest BCUT2D eigenvalue weighted by Crippen LogP contribution is -2.52. The molecule has 3 N–H and O–H groups in total. The molecule has 8 heteroatoms. The van der Waals surface area contributed by atoms with Crippen molar-refractivity contribution in [2.45, 2.75) is 25.7 Å². The molecule has 1 aliphatic rings. The molecular formula is C13H21N5O3. The van der Waals surface area contributed by atoms with Crippen LogP contribution in [-0.2, 0) is 23.1 Å². The Morgan fingerprint density at radius 3 is 2.76 bits per heavy atom. The van der Waals surface area contributed by atoms with Gasteiger partial charge in [-0.3, -0.25) is 9.59 Å². The molecule has 116 valence electrons. The van der Waals surface area contributed by atoms with Crippen LogP contribution in [0, 0.1) is 5.41 Å². The van der Waals surface area contributed by atoms with Gasteiger partial charge in [-0.2, -0.15) is 15.0 Å². The number of hydrogen-bond donors (Lipinski definition) is 3. The molecular weight excluding hydrogens is 274 g/mol. The molecule has 0 radical (unpaired) electrons. The third-order valence-corrected chi connectivity index (χ3v) is 3.84. The van der Waals surface area contributed by atoms with Crippen molar-refractivity contribution in [1.82, 2.24) is 25.6 Å². The minimum atomic E-state index is -1.28. The highest BCUT2D eigenvalue weighted by Crippen LogP contribution is 2.29. The largest absolute Gasteiger partial charge is 0.480 e. The van der Waals surface area contributed by atoms with Crippen LogP contribution in [0.15, 0.2) is 6.20 Å². The maximum atomic E-state index is 12.2. The molecule has 21 heavy (non-hydrogen) atoms. The number of carboxylic acid groups (broad SMARTS) is 1. The van der Waals surface area contributed by atoms with E-state index in [4.69, 9.17) is 0 Å². The Labute approximate surface area is 122 Å². The summed E-state index contributed by atoms with van der Waals surface area (Å²) in [6.45, 7) is 1.55. The number of piperidine rings is 1. The second kappa shape index (κ2) is 6.66. The van der Waals surface area contributed by atoms with E-state index < -0.39 is 11.4 Å². The number of rotatable bonds is 6. The maximum absolute atomic E-state index is 12.2. The van der Waals surface area contributed by atoms with Gasteiger partial charge in [0.15, 0.2) is 0 Å². The van der Waals surface area contributed by atoms with Crippen molar-refractivity contribution in [1.29, 1.82) is 0 Å². The van der Waals surface area contributed by atoms with E-state index in [1.165, 1.54) is 4.80 Å². The number of carbonyl (C=O) groups is 2. The van der Waals surface area contributed by atoms with E-state index in [0.29, 0.717) is 45.3 Å². The maximum Gasteiger partial charge on any atom is 0.319 e. The van der Waals surface area contributed by atoms with Crippen LogP contribution in [-0.4, -0.2) is 51.6 Å². The monoisotopic (exact) mass is 295 g/mol. The molecule has 0 aromatic carbocycles. The Kier molecular flexibility index (Phi) is 4.89. The van der Waals surface area contributed by atoms with Crippen LogP contribution in [0.5, 0.6) is 0 Å². The van der Waals surface area contributed by atoms with Crippen LogP contribution in [0.1, 0.15) is 25.0 Å². The van der Waals surface area contributed by atoms with E-state index in [0.717, 1.165) is 5.69 Å². The zero-order chi connectivity index (χ0) is 15.3. The molecule has 0 unspecified atom stereocenters. The smallest absolute Gasteiger partial charge is 0.319 e. The molecule has 2 rings (SSSR count). The van der Waals surface area contributed by atoms with Crippen molar-refractivity contribution >= 4 is 11.9 Å². The van der Waals surface area contributed by atoms with Crippen LogP contribution in [0.4, 0.5) is 0 Å². The summed E-state index contributed by atoms with van der Waals surface area (Å²) in [6.07, 6.45) is 3.76. The number of amides is 1. The highest BCUT2D eigenvalue weighted by molar-refractivity contribution is 6.02. The molecule has 1 saturated heterocycles. The average molecular weight is 295 g/mol. The third kappa shape index (κ3) is 3.57. The van der Waals surface area contributed by atoms with Gasteiger partial charge in [0.1, 0.15) is 5.41 Å². The normalized spacial score (nSPS) is 17.4. The standard InChI is InChI=1S/C13H21N5O3/c1-18-16-9-10(17-18)3-2-6-15-11(19)13(12(20)21)4-7-14-8-5-13/h9,14H,2-8H2,1H3,(H,15,19)(H,20,21). The topological polar surface area (TPSA) is 109 Å². The van der Waals surface area contributed by atoms with Gasteiger partial charge in [-0.25, -0.2) is 0 Å². The molecule has 1 amide bonds. The van der Waals surface area contributed by atoms with Crippen LogP contribution in [0.3, 0.4) is 0 Å². The van der Waals surface area contributed by atoms with Gasteiger partial charge in [-0.1, -0.05) is 0 Å². The van der Waals surface area contributed by atoms with Crippen LogP contribution in [0.2, 0.25) is 0 Å². The molecule has 1 fully saturated rings. The van der Waals surface area contributed by atoms with E-state index in [1.54, 1.807) is 13.2 Å². The quantitative estimate of drug-likeness (QED) is 0.474.